The zero-order valence-corrected chi connectivity index (χ0v) is 15.1. The van der Waals surface area contributed by atoms with Crippen LogP contribution >= 0.6 is 0 Å². The molecule has 2 aliphatic carbocycles. The molecule has 0 saturated heterocycles. The van der Waals surface area contributed by atoms with Crippen molar-refractivity contribution in [2.45, 2.75) is 57.5 Å². The van der Waals surface area contributed by atoms with E-state index < -0.39 is 0 Å². The second kappa shape index (κ2) is 6.66. The van der Waals surface area contributed by atoms with Crippen LogP contribution < -0.4 is 5.32 Å². The highest BCUT2D eigenvalue weighted by Gasteiger charge is 2.51. The Hall–Kier alpha value is -2.10. The highest BCUT2D eigenvalue weighted by atomic mass is 16.1. The molecule has 0 unspecified atom stereocenters. The van der Waals surface area contributed by atoms with Crippen LogP contribution in [0.25, 0.3) is 0 Å². The Labute approximate surface area is 149 Å². The summed E-state index contributed by atoms with van der Waals surface area (Å²) in [6.07, 6.45) is 8.69. The molecule has 0 bridgehead atoms. The van der Waals surface area contributed by atoms with Crippen molar-refractivity contribution in [3.63, 3.8) is 0 Å². The Morgan fingerprint density at radius 3 is 2.56 bits per heavy atom. The lowest BCUT2D eigenvalue weighted by Crippen LogP contribution is -2.59. The lowest BCUT2D eigenvalue weighted by Gasteiger charge is -2.55. The molecule has 1 aromatic heterocycles. The molecule has 25 heavy (non-hydrogen) atoms. The molecule has 4 atom stereocenters. The first-order valence-electron chi connectivity index (χ1n) is 9.55. The molecule has 0 aliphatic heterocycles. The van der Waals surface area contributed by atoms with Crippen LogP contribution in [0.3, 0.4) is 0 Å². The maximum Gasteiger partial charge on any atom is 0.254 e. The van der Waals surface area contributed by atoms with Gasteiger partial charge in [-0.05, 0) is 44.1 Å². The van der Waals surface area contributed by atoms with E-state index in [1.54, 1.807) is 6.20 Å². The molecule has 1 amide bonds. The number of amides is 1. The predicted molar refractivity (Wildman–Crippen MR) is 98.5 cm³/mol. The summed E-state index contributed by atoms with van der Waals surface area (Å²) in [4.78, 5) is 12.8. The van der Waals surface area contributed by atoms with E-state index in [0.717, 1.165) is 5.92 Å². The van der Waals surface area contributed by atoms with Gasteiger partial charge in [-0.1, -0.05) is 43.2 Å². The van der Waals surface area contributed by atoms with Crippen LogP contribution in [0.2, 0.25) is 0 Å². The predicted octanol–water partition coefficient (Wildman–Crippen LogP) is 4.17. The van der Waals surface area contributed by atoms with Crippen molar-refractivity contribution in [1.29, 1.82) is 0 Å². The number of fused-ring (bicyclic) bond motifs is 1. The standard InChI is InChI=1S/C21H27N3O/c1-14(2)24-13-16(12-22-24)21(25)23-20-18-11-7-6-10-17(18)19(20)15-8-4-3-5-9-15/h3-5,8-9,12-14,17-20H,6-7,10-11H2,1-2H3,(H,23,25)/t17-,18+,19-,20-/m0/s1. The monoisotopic (exact) mass is 337 g/mol. The molecule has 4 rings (SSSR count). The molecule has 0 spiro atoms. The third-order valence-electron chi connectivity index (χ3n) is 6.06. The first-order valence-corrected chi connectivity index (χ1v) is 9.55. The van der Waals surface area contributed by atoms with Crippen molar-refractivity contribution in [1.82, 2.24) is 15.1 Å². The number of rotatable bonds is 4. The molecule has 2 aromatic rings. The summed E-state index contributed by atoms with van der Waals surface area (Å²) in [6, 6.07) is 11.2. The Bertz CT molecular complexity index is 737. The summed E-state index contributed by atoms with van der Waals surface area (Å²) in [5, 5.41) is 7.64. The van der Waals surface area contributed by atoms with Crippen LogP contribution in [-0.2, 0) is 0 Å². The number of nitrogens with one attached hydrogen (secondary N) is 1. The quantitative estimate of drug-likeness (QED) is 0.910. The van der Waals surface area contributed by atoms with Crippen LogP contribution in [0.1, 0.15) is 67.4 Å². The average molecular weight is 337 g/mol. The van der Waals surface area contributed by atoms with E-state index in [4.69, 9.17) is 0 Å². The Morgan fingerprint density at radius 2 is 1.88 bits per heavy atom. The van der Waals surface area contributed by atoms with E-state index >= 15 is 0 Å². The van der Waals surface area contributed by atoms with Gasteiger partial charge in [0.15, 0.2) is 0 Å². The van der Waals surface area contributed by atoms with E-state index in [-0.39, 0.29) is 18.0 Å². The van der Waals surface area contributed by atoms with E-state index in [0.29, 0.717) is 17.4 Å². The highest BCUT2D eigenvalue weighted by Crippen LogP contribution is 2.54. The molecule has 4 nitrogen and oxygen atoms in total. The number of benzene rings is 1. The van der Waals surface area contributed by atoms with Gasteiger partial charge in [0.2, 0.25) is 0 Å². The summed E-state index contributed by atoms with van der Waals surface area (Å²) in [6.45, 7) is 4.14. The molecule has 0 radical (unpaired) electrons. The van der Waals surface area contributed by atoms with Gasteiger partial charge in [-0.15, -0.1) is 0 Å². The van der Waals surface area contributed by atoms with Crippen LogP contribution in [0, 0.1) is 11.8 Å². The molecular formula is C21H27N3O. The fraction of sp³-hybridized carbons (Fsp3) is 0.524. The van der Waals surface area contributed by atoms with Crippen molar-refractivity contribution >= 4 is 5.91 Å². The van der Waals surface area contributed by atoms with Crippen molar-refractivity contribution in [3.05, 3.63) is 53.9 Å². The molecule has 4 heteroatoms. The Kier molecular flexibility index (Phi) is 4.36. The van der Waals surface area contributed by atoms with E-state index in [1.165, 1.54) is 31.2 Å². The van der Waals surface area contributed by atoms with Gasteiger partial charge in [0.25, 0.3) is 5.91 Å². The topological polar surface area (TPSA) is 46.9 Å². The lowest BCUT2D eigenvalue weighted by molar-refractivity contribution is 0.0252. The van der Waals surface area contributed by atoms with Gasteiger partial charge < -0.3 is 5.32 Å². The van der Waals surface area contributed by atoms with E-state index in [9.17, 15) is 4.79 Å². The van der Waals surface area contributed by atoms with Gasteiger partial charge in [-0.3, -0.25) is 9.48 Å². The minimum atomic E-state index is 0.0156. The van der Waals surface area contributed by atoms with Gasteiger partial charge in [0, 0.05) is 24.2 Å². The lowest BCUT2D eigenvalue weighted by atomic mass is 9.53. The number of nitrogens with zero attached hydrogens (tertiary/aromatic N) is 2. The number of hydrogen-bond donors (Lipinski definition) is 1. The minimum absolute atomic E-state index is 0.0156. The first kappa shape index (κ1) is 16.4. The SMILES string of the molecule is CC(C)n1cc(C(=O)N[C@H]2[C@@H]3CCCC[C@@H]3[C@@H]2c2ccccc2)cn1. The average Bonchev–Trinajstić information content (AvgIpc) is 3.11. The largest absolute Gasteiger partial charge is 0.348 e. The first-order chi connectivity index (χ1) is 12.1. The Morgan fingerprint density at radius 1 is 1.16 bits per heavy atom. The third kappa shape index (κ3) is 2.99. The fourth-order valence-corrected chi connectivity index (χ4v) is 4.77. The zero-order valence-electron chi connectivity index (χ0n) is 15.1. The summed E-state index contributed by atoms with van der Waals surface area (Å²) in [5.41, 5.74) is 2.04. The van der Waals surface area contributed by atoms with Gasteiger partial charge in [0.1, 0.15) is 0 Å². The molecule has 132 valence electrons. The minimum Gasteiger partial charge on any atom is -0.348 e. The fourth-order valence-electron chi connectivity index (χ4n) is 4.77. The Balaban J connectivity index is 1.53. The second-order valence-electron chi connectivity index (χ2n) is 7.85. The van der Waals surface area contributed by atoms with Crippen molar-refractivity contribution in [3.8, 4) is 0 Å². The van der Waals surface area contributed by atoms with Gasteiger partial charge in [-0.25, -0.2) is 0 Å². The molecule has 1 heterocycles. The number of carbonyl (C=O) groups is 1. The zero-order chi connectivity index (χ0) is 17.4. The number of carbonyl (C=O) groups excluding carboxylic acids is 1. The normalized spacial score (nSPS) is 28.3. The maximum atomic E-state index is 12.8. The highest BCUT2D eigenvalue weighted by molar-refractivity contribution is 5.94. The summed E-state index contributed by atoms with van der Waals surface area (Å²) in [7, 11) is 0. The van der Waals surface area contributed by atoms with Gasteiger partial charge in [-0.2, -0.15) is 5.10 Å². The molecule has 1 aromatic carbocycles. The summed E-state index contributed by atoms with van der Waals surface area (Å²) in [5.74, 6) is 1.82. The number of aromatic nitrogens is 2. The molecule has 2 fully saturated rings. The van der Waals surface area contributed by atoms with Crippen LogP contribution in [0.4, 0.5) is 0 Å². The maximum absolute atomic E-state index is 12.8. The summed E-state index contributed by atoms with van der Waals surface area (Å²) < 4.78 is 1.84. The van der Waals surface area contributed by atoms with Crippen molar-refractivity contribution < 1.29 is 4.79 Å². The van der Waals surface area contributed by atoms with Crippen molar-refractivity contribution in [2.24, 2.45) is 11.8 Å². The van der Waals surface area contributed by atoms with Crippen LogP contribution in [-0.4, -0.2) is 21.7 Å². The van der Waals surface area contributed by atoms with Crippen LogP contribution in [0.5, 0.6) is 0 Å². The van der Waals surface area contributed by atoms with Gasteiger partial charge in [0.05, 0.1) is 11.8 Å². The van der Waals surface area contributed by atoms with Gasteiger partial charge >= 0.3 is 0 Å². The molecule has 2 saturated carbocycles. The summed E-state index contributed by atoms with van der Waals surface area (Å²) >= 11 is 0. The van der Waals surface area contributed by atoms with Crippen LogP contribution in [0.15, 0.2) is 42.7 Å². The third-order valence-corrected chi connectivity index (χ3v) is 6.06. The second-order valence-corrected chi connectivity index (χ2v) is 7.85. The van der Waals surface area contributed by atoms with E-state index in [2.05, 4.69) is 54.6 Å². The molecule has 2 aliphatic rings. The van der Waals surface area contributed by atoms with E-state index in [1.807, 2.05) is 10.9 Å². The smallest absolute Gasteiger partial charge is 0.254 e. The molecule has 1 N–H and O–H groups in total. The van der Waals surface area contributed by atoms with Crippen molar-refractivity contribution in [2.75, 3.05) is 0 Å². The number of hydrogen-bond acceptors (Lipinski definition) is 2. The molecular weight excluding hydrogens is 310 g/mol.